The number of anilines is 2. The summed E-state index contributed by atoms with van der Waals surface area (Å²) in [5.41, 5.74) is 1.23. The summed E-state index contributed by atoms with van der Waals surface area (Å²) >= 11 is 48.2. The minimum absolute atomic E-state index is 0.00880. The molecule has 4 aromatic carbocycles. The number of ether oxygens (including phenoxy) is 2. The molecule has 0 saturated heterocycles. The number of halogens is 8. The standard InChI is InChI=1S/C18H12Cl4N2O3S.C17H10Cl4N2O3S/c1-10-2-3-17(14(20)4-10)28(25,26)24-12-6-15(21)18(16(22)7-12)27-13-5-11(19)8-23-9-13;18-10-1-4-17(15(21)6-10)27(24,25)23-12-2-3-16(14(20)7-12)26-13-5-11(19)8-22-9-13/h2-9,24H,1H3;1-9,23H. The van der Waals surface area contributed by atoms with E-state index in [1.54, 1.807) is 18.2 Å². The summed E-state index contributed by atoms with van der Waals surface area (Å²) in [5, 5.41) is 1.63. The number of aromatic nitrogens is 2. The first-order valence-electron chi connectivity index (χ1n) is 15.0. The molecule has 0 spiro atoms. The van der Waals surface area contributed by atoms with Crippen molar-refractivity contribution >= 4 is 124 Å². The first-order chi connectivity index (χ1) is 25.9. The van der Waals surface area contributed by atoms with Crippen LogP contribution in [0.25, 0.3) is 0 Å². The molecule has 10 nitrogen and oxygen atoms in total. The van der Waals surface area contributed by atoms with Crippen molar-refractivity contribution in [3.05, 3.63) is 149 Å². The fourth-order valence-electron chi connectivity index (χ4n) is 4.44. The Labute approximate surface area is 356 Å². The lowest BCUT2D eigenvalue weighted by Gasteiger charge is -2.14. The summed E-state index contributed by atoms with van der Waals surface area (Å²) in [7, 11) is -7.86. The molecule has 286 valence electrons. The summed E-state index contributed by atoms with van der Waals surface area (Å²) in [5.74, 6) is 1.18. The highest BCUT2D eigenvalue weighted by Crippen LogP contribution is 2.40. The van der Waals surface area contributed by atoms with Gasteiger partial charge in [-0.3, -0.25) is 19.4 Å². The maximum atomic E-state index is 12.6. The number of hydrogen-bond acceptors (Lipinski definition) is 8. The fourth-order valence-corrected chi connectivity index (χ4v) is 9.02. The predicted molar refractivity (Wildman–Crippen MR) is 221 cm³/mol. The van der Waals surface area contributed by atoms with Gasteiger partial charge in [0.15, 0.2) is 5.75 Å². The summed E-state index contributed by atoms with van der Waals surface area (Å²) in [6.45, 7) is 1.81. The quantitative estimate of drug-likeness (QED) is 0.139. The van der Waals surface area contributed by atoms with Crippen LogP contribution in [0.4, 0.5) is 11.4 Å². The van der Waals surface area contributed by atoms with E-state index in [1.807, 2.05) is 6.92 Å². The third-order valence-corrected chi connectivity index (χ3v) is 12.0. The van der Waals surface area contributed by atoms with Crippen LogP contribution in [0, 0.1) is 6.92 Å². The maximum absolute atomic E-state index is 12.6. The van der Waals surface area contributed by atoms with Crippen LogP contribution < -0.4 is 18.9 Å². The van der Waals surface area contributed by atoms with Gasteiger partial charge < -0.3 is 9.47 Å². The minimum Gasteiger partial charge on any atom is -0.454 e. The van der Waals surface area contributed by atoms with E-state index in [9.17, 15) is 16.8 Å². The summed E-state index contributed by atoms with van der Waals surface area (Å²) in [4.78, 5) is 7.66. The van der Waals surface area contributed by atoms with Crippen molar-refractivity contribution in [2.75, 3.05) is 9.44 Å². The lowest BCUT2D eigenvalue weighted by molar-refractivity contribution is 0.480. The van der Waals surface area contributed by atoms with Crippen LogP contribution >= 0.6 is 92.8 Å². The molecule has 0 saturated carbocycles. The first kappa shape index (κ1) is 42.7. The molecule has 0 radical (unpaired) electrons. The Balaban J connectivity index is 0.000000211. The molecule has 20 heteroatoms. The third kappa shape index (κ3) is 11.6. The molecule has 6 aromatic rings. The fraction of sp³-hybridized carbons (Fsp3) is 0.0286. The van der Waals surface area contributed by atoms with Crippen molar-refractivity contribution in [1.29, 1.82) is 0 Å². The predicted octanol–water partition coefficient (Wildman–Crippen LogP) is 12.9. The molecule has 0 amide bonds. The second-order valence-corrected chi connectivity index (χ2v) is 17.7. The number of aryl methyl sites for hydroxylation is 1. The molecular formula is C35H22Cl8N4O6S2. The van der Waals surface area contributed by atoms with Crippen molar-refractivity contribution in [3.63, 3.8) is 0 Å². The van der Waals surface area contributed by atoms with Crippen LogP contribution in [-0.4, -0.2) is 26.8 Å². The zero-order valence-corrected chi connectivity index (χ0v) is 35.2. The summed E-state index contributed by atoms with van der Waals surface area (Å²) in [6.07, 6.45) is 5.83. The highest BCUT2D eigenvalue weighted by Gasteiger charge is 2.21. The number of nitrogens with zero attached hydrogens (tertiary/aromatic N) is 2. The van der Waals surface area contributed by atoms with Gasteiger partial charge in [-0.1, -0.05) is 98.9 Å². The van der Waals surface area contributed by atoms with E-state index in [0.29, 0.717) is 32.3 Å². The van der Waals surface area contributed by atoms with Gasteiger partial charge >= 0.3 is 0 Å². The van der Waals surface area contributed by atoms with Crippen LogP contribution in [0.2, 0.25) is 40.2 Å². The van der Waals surface area contributed by atoms with Crippen molar-refractivity contribution in [3.8, 4) is 23.0 Å². The van der Waals surface area contributed by atoms with Gasteiger partial charge in [-0.15, -0.1) is 0 Å². The number of benzene rings is 4. The van der Waals surface area contributed by atoms with Gasteiger partial charge in [0.25, 0.3) is 20.0 Å². The molecule has 0 aliphatic carbocycles. The molecule has 0 aliphatic heterocycles. The van der Waals surface area contributed by atoms with Gasteiger partial charge in [-0.2, -0.15) is 0 Å². The van der Waals surface area contributed by atoms with Gasteiger partial charge in [0.1, 0.15) is 27.0 Å². The van der Waals surface area contributed by atoms with E-state index in [1.165, 1.54) is 85.5 Å². The Bertz CT molecular complexity index is 2600. The molecule has 0 unspecified atom stereocenters. The van der Waals surface area contributed by atoms with Crippen LogP contribution in [0.1, 0.15) is 5.56 Å². The molecule has 2 N–H and O–H groups in total. The molecule has 6 rings (SSSR count). The zero-order valence-electron chi connectivity index (χ0n) is 27.5. The third-order valence-electron chi connectivity index (χ3n) is 6.80. The van der Waals surface area contributed by atoms with Gasteiger partial charge in [0.2, 0.25) is 0 Å². The summed E-state index contributed by atoms with van der Waals surface area (Å²) in [6, 6.07) is 19.0. The number of hydrogen-bond donors (Lipinski definition) is 2. The number of sulfonamides is 2. The topological polar surface area (TPSA) is 137 Å². The van der Waals surface area contributed by atoms with Crippen molar-refractivity contribution in [2.24, 2.45) is 0 Å². The normalized spacial score (nSPS) is 11.3. The van der Waals surface area contributed by atoms with E-state index < -0.39 is 20.0 Å². The smallest absolute Gasteiger partial charge is 0.263 e. The second-order valence-electron chi connectivity index (χ2n) is 11.0. The SMILES string of the molecule is Cc1ccc(S(=O)(=O)Nc2cc(Cl)c(Oc3cncc(Cl)c3)c(Cl)c2)c(Cl)c1.O=S(=O)(Nc1ccc(Oc2cncc(Cl)c2)c(Cl)c1)c1ccc(Cl)cc1Cl. The lowest BCUT2D eigenvalue weighted by Crippen LogP contribution is -2.13. The molecule has 0 atom stereocenters. The van der Waals surface area contributed by atoms with Crippen molar-refractivity contribution in [2.45, 2.75) is 16.7 Å². The van der Waals surface area contributed by atoms with Crippen LogP contribution in [0.5, 0.6) is 23.0 Å². The molecule has 0 aliphatic rings. The number of pyridine rings is 2. The van der Waals surface area contributed by atoms with E-state index >= 15 is 0 Å². The Hall–Kier alpha value is -3.40. The van der Waals surface area contributed by atoms with E-state index in [2.05, 4.69) is 19.4 Å². The van der Waals surface area contributed by atoms with E-state index in [0.717, 1.165) is 5.56 Å². The van der Waals surface area contributed by atoms with Gasteiger partial charge in [0.05, 0.1) is 58.9 Å². The number of nitrogens with one attached hydrogen (secondary N) is 2. The van der Waals surface area contributed by atoms with Crippen LogP contribution in [0.15, 0.2) is 113 Å². The largest absolute Gasteiger partial charge is 0.454 e. The molecular weight excluding hydrogens is 920 g/mol. The van der Waals surface area contributed by atoms with Crippen LogP contribution in [0.3, 0.4) is 0 Å². The minimum atomic E-state index is -3.94. The second kappa shape index (κ2) is 18.2. The van der Waals surface area contributed by atoms with E-state index in [4.69, 9.17) is 102 Å². The maximum Gasteiger partial charge on any atom is 0.263 e. The zero-order chi connectivity index (χ0) is 40.1. The highest BCUT2D eigenvalue weighted by molar-refractivity contribution is 7.93. The van der Waals surface area contributed by atoms with Crippen molar-refractivity contribution in [1.82, 2.24) is 9.97 Å². The van der Waals surface area contributed by atoms with Crippen LogP contribution in [-0.2, 0) is 20.0 Å². The Morgan fingerprint density at radius 2 is 1.00 bits per heavy atom. The first-order valence-corrected chi connectivity index (χ1v) is 21.0. The number of rotatable bonds is 10. The van der Waals surface area contributed by atoms with Gasteiger partial charge in [0, 0.05) is 29.5 Å². The average molecular weight is 942 g/mol. The van der Waals surface area contributed by atoms with Gasteiger partial charge in [-0.25, -0.2) is 16.8 Å². The molecule has 2 heterocycles. The average Bonchev–Trinajstić information content (AvgIpc) is 3.07. The highest BCUT2D eigenvalue weighted by atomic mass is 35.5. The monoisotopic (exact) mass is 938 g/mol. The Kier molecular flexibility index (Phi) is 14.2. The summed E-state index contributed by atoms with van der Waals surface area (Å²) < 4.78 is 66.3. The molecule has 0 bridgehead atoms. The molecule has 55 heavy (non-hydrogen) atoms. The lowest BCUT2D eigenvalue weighted by atomic mass is 10.2. The van der Waals surface area contributed by atoms with Gasteiger partial charge in [-0.05, 0) is 73.2 Å². The van der Waals surface area contributed by atoms with E-state index in [-0.39, 0.29) is 52.0 Å². The Morgan fingerprint density at radius 3 is 1.53 bits per heavy atom. The molecule has 0 fully saturated rings. The molecule has 2 aromatic heterocycles. The Morgan fingerprint density at radius 1 is 0.491 bits per heavy atom. The van der Waals surface area contributed by atoms with Crippen molar-refractivity contribution < 1.29 is 26.3 Å².